The highest BCUT2D eigenvalue weighted by atomic mass is 32.2. The number of methoxy groups -OCH3 is 1. The van der Waals surface area contributed by atoms with E-state index in [1.54, 1.807) is 14.0 Å². The number of amides is 4. The number of benzene rings is 1. The van der Waals surface area contributed by atoms with Gasteiger partial charge in [-0.25, -0.2) is 14.5 Å². The number of carbonyl (C=O) groups is 4. The normalized spacial score (nSPS) is 21.3. The smallest absolute Gasteiger partial charge is 0.328 e. The summed E-state index contributed by atoms with van der Waals surface area (Å²) >= 11 is 1.47. The summed E-state index contributed by atoms with van der Waals surface area (Å²) in [6.45, 7) is 3.44. The number of rotatable bonds is 8. The Bertz CT molecular complexity index is 1180. The van der Waals surface area contributed by atoms with E-state index in [9.17, 15) is 24.3 Å². The van der Waals surface area contributed by atoms with Crippen molar-refractivity contribution in [3.05, 3.63) is 29.5 Å². The van der Waals surface area contributed by atoms with Gasteiger partial charge in [0.15, 0.2) is 5.54 Å². The number of fused-ring (bicyclic) bond motifs is 5. The van der Waals surface area contributed by atoms with E-state index in [0.29, 0.717) is 30.2 Å². The minimum absolute atomic E-state index is 0.239. The number of carboxylic acids is 1. The van der Waals surface area contributed by atoms with E-state index in [0.717, 1.165) is 21.4 Å². The zero-order valence-electron chi connectivity index (χ0n) is 19.5. The lowest BCUT2D eigenvalue weighted by atomic mass is 9.87. The van der Waals surface area contributed by atoms with Crippen molar-refractivity contribution in [2.75, 3.05) is 25.7 Å². The largest absolute Gasteiger partial charge is 0.497 e. The SMILES string of the molecule is COc1ccc2[nH]c3c(c2c1)CCN1C(=O)N([C@@H](C)C(=O)N[C@@H](CCSC)C(=O)O)C(=O)[C@]31C. The molecule has 0 saturated carbocycles. The van der Waals surface area contributed by atoms with Gasteiger partial charge >= 0.3 is 12.0 Å². The van der Waals surface area contributed by atoms with Gasteiger partial charge in [-0.1, -0.05) is 0 Å². The third kappa shape index (κ3) is 3.58. The number of ether oxygens (including phenoxy) is 1. The Hall–Kier alpha value is -3.21. The second kappa shape index (κ2) is 8.86. The van der Waals surface area contributed by atoms with E-state index in [1.165, 1.54) is 23.6 Å². The van der Waals surface area contributed by atoms with Crippen LogP contribution in [0.5, 0.6) is 5.75 Å². The van der Waals surface area contributed by atoms with Crippen molar-refractivity contribution >= 4 is 46.5 Å². The summed E-state index contributed by atoms with van der Waals surface area (Å²) < 4.78 is 5.34. The van der Waals surface area contributed by atoms with E-state index in [1.807, 2.05) is 24.5 Å². The van der Waals surface area contributed by atoms with Crippen LogP contribution >= 0.6 is 11.8 Å². The first-order valence-electron chi connectivity index (χ1n) is 11.0. The molecule has 0 unspecified atom stereocenters. The zero-order valence-corrected chi connectivity index (χ0v) is 20.3. The molecule has 1 fully saturated rings. The van der Waals surface area contributed by atoms with Crippen LogP contribution in [0.2, 0.25) is 0 Å². The van der Waals surface area contributed by atoms with Crippen LogP contribution in [0, 0.1) is 0 Å². The lowest BCUT2D eigenvalue weighted by molar-refractivity contribution is -0.143. The molecule has 0 bridgehead atoms. The number of nitrogens with zero attached hydrogens (tertiary/aromatic N) is 2. The number of carboxylic acid groups (broad SMARTS) is 1. The number of imide groups is 1. The molecule has 1 saturated heterocycles. The molecule has 182 valence electrons. The molecule has 0 aliphatic carbocycles. The van der Waals surface area contributed by atoms with Crippen molar-refractivity contribution in [3.8, 4) is 5.75 Å². The Morgan fingerprint density at radius 2 is 2.09 bits per heavy atom. The molecule has 3 heterocycles. The number of thioether (sulfide) groups is 1. The van der Waals surface area contributed by atoms with Crippen LogP contribution in [0.3, 0.4) is 0 Å². The van der Waals surface area contributed by atoms with Gasteiger partial charge in [0.1, 0.15) is 17.8 Å². The van der Waals surface area contributed by atoms with Crippen LogP contribution in [-0.2, 0) is 26.3 Å². The number of H-pyrrole nitrogens is 1. The highest BCUT2D eigenvalue weighted by molar-refractivity contribution is 7.98. The maximum atomic E-state index is 13.7. The zero-order chi connectivity index (χ0) is 24.8. The minimum Gasteiger partial charge on any atom is -0.497 e. The molecular weight excluding hydrogens is 460 g/mol. The van der Waals surface area contributed by atoms with Crippen LogP contribution in [-0.4, -0.2) is 81.5 Å². The number of carbonyl (C=O) groups excluding carboxylic acids is 3. The van der Waals surface area contributed by atoms with Gasteiger partial charge < -0.3 is 25.0 Å². The first-order chi connectivity index (χ1) is 16.1. The summed E-state index contributed by atoms with van der Waals surface area (Å²) in [7, 11) is 1.59. The van der Waals surface area contributed by atoms with Gasteiger partial charge in [-0.3, -0.25) is 9.59 Å². The molecular formula is C23H28N4O6S. The van der Waals surface area contributed by atoms with E-state index >= 15 is 0 Å². The number of aromatic nitrogens is 1. The van der Waals surface area contributed by atoms with Gasteiger partial charge in [-0.15, -0.1) is 0 Å². The number of hydrogen-bond acceptors (Lipinski definition) is 6. The van der Waals surface area contributed by atoms with Crippen LogP contribution < -0.4 is 10.1 Å². The van der Waals surface area contributed by atoms with Crippen LogP contribution in [0.25, 0.3) is 10.9 Å². The summed E-state index contributed by atoms with van der Waals surface area (Å²) in [5, 5.41) is 12.8. The molecule has 3 N–H and O–H groups in total. The van der Waals surface area contributed by atoms with Crippen molar-refractivity contribution in [1.82, 2.24) is 20.1 Å². The Morgan fingerprint density at radius 3 is 2.74 bits per heavy atom. The average molecular weight is 489 g/mol. The molecule has 1 aromatic carbocycles. The predicted molar refractivity (Wildman–Crippen MR) is 127 cm³/mol. The fourth-order valence-corrected chi connectivity index (χ4v) is 5.29. The second-order valence-electron chi connectivity index (χ2n) is 8.68. The summed E-state index contributed by atoms with van der Waals surface area (Å²) in [5.41, 5.74) is 1.10. The number of aromatic amines is 1. The molecule has 4 rings (SSSR count). The summed E-state index contributed by atoms with van der Waals surface area (Å²) in [5.74, 6) is -1.11. The first kappa shape index (κ1) is 23.9. The van der Waals surface area contributed by atoms with E-state index in [-0.39, 0.29) is 6.42 Å². The van der Waals surface area contributed by atoms with Gasteiger partial charge in [0, 0.05) is 17.4 Å². The Balaban J connectivity index is 1.65. The van der Waals surface area contributed by atoms with Crippen molar-refractivity contribution in [3.63, 3.8) is 0 Å². The van der Waals surface area contributed by atoms with Crippen molar-refractivity contribution in [1.29, 1.82) is 0 Å². The molecule has 2 aliphatic heterocycles. The maximum Gasteiger partial charge on any atom is 0.328 e. The second-order valence-corrected chi connectivity index (χ2v) is 9.66. The van der Waals surface area contributed by atoms with Gasteiger partial charge in [0.25, 0.3) is 5.91 Å². The summed E-state index contributed by atoms with van der Waals surface area (Å²) in [6.07, 6.45) is 2.63. The number of hydrogen-bond donors (Lipinski definition) is 3. The van der Waals surface area contributed by atoms with E-state index < -0.39 is 41.4 Å². The Labute approximate surface area is 201 Å². The average Bonchev–Trinajstić information content (AvgIpc) is 3.28. The Morgan fingerprint density at radius 1 is 1.35 bits per heavy atom. The molecule has 0 spiro atoms. The number of nitrogens with one attached hydrogen (secondary N) is 2. The molecule has 34 heavy (non-hydrogen) atoms. The highest BCUT2D eigenvalue weighted by Crippen LogP contribution is 2.45. The molecule has 11 heteroatoms. The monoisotopic (exact) mass is 488 g/mol. The van der Waals surface area contributed by atoms with Gasteiger partial charge in [-0.05, 0) is 62.5 Å². The van der Waals surface area contributed by atoms with Gasteiger partial charge in [0.05, 0.1) is 12.8 Å². The van der Waals surface area contributed by atoms with Crippen LogP contribution in [0.1, 0.15) is 31.5 Å². The molecule has 2 aromatic rings. The van der Waals surface area contributed by atoms with E-state index in [2.05, 4.69) is 10.3 Å². The number of urea groups is 1. The molecule has 0 radical (unpaired) electrons. The molecule has 2 aliphatic rings. The van der Waals surface area contributed by atoms with Gasteiger partial charge in [-0.2, -0.15) is 11.8 Å². The molecule has 4 amide bonds. The number of aliphatic carboxylic acids is 1. The predicted octanol–water partition coefficient (Wildman–Crippen LogP) is 1.92. The Kier molecular flexibility index (Phi) is 6.24. The van der Waals surface area contributed by atoms with Crippen LogP contribution in [0.15, 0.2) is 18.2 Å². The minimum atomic E-state index is -1.30. The maximum absolute atomic E-state index is 13.7. The fourth-order valence-electron chi connectivity index (χ4n) is 4.82. The summed E-state index contributed by atoms with van der Waals surface area (Å²) in [4.78, 5) is 57.2. The topological polar surface area (TPSA) is 132 Å². The highest BCUT2D eigenvalue weighted by Gasteiger charge is 2.60. The lowest BCUT2D eigenvalue weighted by Crippen LogP contribution is -2.53. The van der Waals surface area contributed by atoms with Crippen molar-refractivity contribution in [2.45, 2.75) is 44.3 Å². The third-order valence-electron chi connectivity index (χ3n) is 6.79. The van der Waals surface area contributed by atoms with Crippen LogP contribution in [0.4, 0.5) is 4.79 Å². The lowest BCUT2D eigenvalue weighted by Gasteiger charge is -2.36. The molecule has 3 atom stereocenters. The standard InChI is InChI=1S/C23H28N4O6S/c1-12(19(28)25-17(20(29)30)8-10-34-4)27-21(31)23(2)18-14(7-9-26(23)22(27)32)15-11-13(33-3)5-6-16(15)24-18/h5-6,11-12,17,24H,7-10H2,1-4H3,(H,25,28)(H,29,30)/t12-,17-,23-/m0/s1. The fraction of sp³-hybridized carbons (Fsp3) is 0.478. The van der Waals surface area contributed by atoms with Crippen molar-refractivity contribution < 1.29 is 29.0 Å². The molecule has 1 aromatic heterocycles. The van der Waals surface area contributed by atoms with Crippen molar-refractivity contribution in [2.24, 2.45) is 0 Å². The molecule has 10 nitrogen and oxygen atoms in total. The summed E-state index contributed by atoms with van der Waals surface area (Å²) in [6, 6.07) is 2.78. The third-order valence-corrected chi connectivity index (χ3v) is 7.43. The van der Waals surface area contributed by atoms with Gasteiger partial charge in [0.2, 0.25) is 5.91 Å². The van der Waals surface area contributed by atoms with E-state index in [4.69, 9.17) is 4.74 Å². The quantitative estimate of drug-likeness (QED) is 0.484. The first-order valence-corrected chi connectivity index (χ1v) is 12.4.